The summed E-state index contributed by atoms with van der Waals surface area (Å²) in [6.07, 6.45) is 3.82. The number of rotatable bonds is 6. The quantitative estimate of drug-likeness (QED) is 0.549. The first kappa shape index (κ1) is 21.5. The number of anilines is 1. The Hall–Kier alpha value is -3.23. The van der Waals surface area contributed by atoms with E-state index >= 15 is 0 Å². The lowest BCUT2D eigenvalue weighted by molar-refractivity contribution is -0.131. The predicted molar refractivity (Wildman–Crippen MR) is 115 cm³/mol. The number of piperazine rings is 1. The molecular formula is C21H28FN7O. The maximum Gasteiger partial charge on any atom is 0.225 e. The molecule has 1 aliphatic rings. The van der Waals surface area contributed by atoms with Crippen molar-refractivity contribution < 1.29 is 9.18 Å². The summed E-state index contributed by atoms with van der Waals surface area (Å²) in [5.74, 6) is 1.17. The van der Waals surface area contributed by atoms with E-state index in [4.69, 9.17) is 0 Å². The monoisotopic (exact) mass is 413 g/mol. The van der Waals surface area contributed by atoms with Crippen LogP contribution in [0, 0.1) is 12.7 Å². The number of aryl methyl sites for hydroxylation is 1. The molecule has 1 saturated heterocycles. The molecule has 0 unspecified atom stereocenters. The molecule has 8 nitrogen and oxygen atoms in total. The van der Waals surface area contributed by atoms with Gasteiger partial charge in [-0.1, -0.05) is 12.1 Å². The van der Waals surface area contributed by atoms with Crippen molar-refractivity contribution >= 4 is 17.8 Å². The number of hydrogen-bond donors (Lipinski definition) is 2. The second-order valence-corrected chi connectivity index (χ2v) is 7.10. The molecule has 1 aromatic heterocycles. The highest BCUT2D eigenvalue weighted by atomic mass is 19.1. The van der Waals surface area contributed by atoms with Gasteiger partial charge in [0.2, 0.25) is 11.9 Å². The molecule has 9 heteroatoms. The van der Waals surface area contributed by atoms with E-state index in [0.717, 1.165) is 18.7 Å². The molecule has 30 heavy (non-hydrogen) atoms. The molecule has 1 aromatic carbocycles. The number of aliphatic imine (C=N–C) groups is 1. The number of amides is 1. The van der Waals surface area contributed by atoms with Gasteiger partial charge < -0.3 is 20.4 Å². The SMILES string of the molecule is CN=C(NCCC(=O)N1CCN(c2ncccn2)CC1)NCc1ccc(C)c(F)c1. The first-order valence-electron chi connectivity index (χ1n) is 10.1. The molecule has 0 saturated carbocycles. The largest absolute Gasteiger partial charge is 0.356 e. The summed E-state index contributed by atoms with van der Waals surface area (Å²) in [5, 5.41) is 6.27. The number of carbonyl (C=O) groups excluding carboxylic acids is 1. The van der Waals surface area contributed by atoms with Crippen LogP contribution in [-0.2, 0) is 11.3 Å². The zero-order chi connectivity index (χ0) is 21.3. The third kappa shape index (κ3) is 5.88. The van der Waals surface area contributed by atoms with Crippen LogP contribution < -0.4 is 15.5 Å². The Morgan fingerprint density at radius 1 is 1.17 bits per heavy atom. The van der Waals surface area contributed by atoms with Crippen LogP contribution >= 0.6 is 0 Å². The second kappa shape index (κ2) is 10.5. The van der Waals surface area contributed by atoms with Crippen LogP contribution in [0.3, 0.4) is 0 Å². The summed E-state index contributed by atoms with van der Waals surface area (Å²) in [4.78, 5) is 29.1. The Morgan fingerprint density at radius 3 is 2.57 bits per heavy atom. The van der Waals surface area contributed by atoms with Crippen molar-refractivity contribution in [3.63, 3.8) is 0 Å². The van der Waals surface area contributed by atoms with Gasteiger partial charge in [-0.05, 0) is 30.2 Å². The number of nitrogens with zero attached hydrogens (tertiary/aromatic N) is 5. The van der Waals surface area contributed by atoms with Gasteiger partial charge in [-0.2, -0.15) is 0 Å². The molecule has 3 rings (SSSR count). The Balaban J connectivity index is 1.37. The van der Waals surface area contributed by atoms with Gasteiger partial charge in [-0.3, -0.25) is 9.79 Å². The van der Waals surface area contributed by atoms with Crippen molar-refractivity contribution in [2.75, 3.05) is 44.7 Å². The van der Waals surface area contributed by atoms with E-state index < -0.39 is 0 Å². The van der Waals surface area contributed by atoms with E-state index in [9.17, 15) is 9.18 Å². The number of hydrogen-bond acceptors (Lipinski definition) is 5. The van der Waals surface area contributed by atoms with E-state index in [1.165, 1.54) is 6.07 Å². The van der Waals surface area contributed by atoms with Crippen molar-refractivity contribution in [2.45, 2.75) is 19.9 Å². The molecule has 1 aliphatic heterocycles. The van der Waals surface area contributed by atoms with Crippen molar-refractivity contribution in [3.05, 3.63) is 53.6 Å². The van der Waals surface area contributed by atoms with E-state index in [1.54, 1.807) is 38.5 Å². The number of benzene rings is 1. The maximum absolute atomic E-state index is 13.6. The molecule has 0 radical (unpaired) electrons. The summed E-state index contributed by atoms with van der Waals surface area (Å²) >= 11 is 0. The molecule has 1 amide bonds. The fourth-order valence-corrected chi connectivity index (χ4v) is 3.21. The van der Waals surface area contributed by atoms with Gasteiger partial charge in [-0.15, -0.1) is 0 Å². The smallest absolute Gasteiger partial charge is 0.225 e. The van der Waals surface area contributed by atoms with Crippen LogP contribution in [0.25, 0.3) is 0 Å². The maximum atomic E-state index is 13.6. The zero-order valence-electron chi connectivity index (χ0n) is 17.4. The average molecular weight is 414 g/mol. The van der Waals surface area contributed by atoms with Crippen molar-refractivity contribution in [3.8, 4) is 0 Å². The average Bonchev–Trinajstić information content (AvgIpc) is 2.79. The van der Waals surface area contributed by atoms with Crippen LogP contribution in [0.15, 0.2) is 41.7 Å². The molecule has 2 heterocycles. The van der Waals surface area contributed by atoms with E-state index in [1.807, 2.05) is 11.0 Å². The number of nitrogens with one attached hydrogen (secondary N) is 2. The van der Waals surface area contributed by atoms with Gasteiger partial charge in [0, 0.05) is 65.1 Å². The van der Waals surface area contributed by atoms with Gasteiger partial charge in [0.1, 0.15) is 5.82 Å². The van der Waals surface area contributed by atoms with E-state index in [-0.39, 0.29) is 11.7 Å². The Labute approximate surface area is 176 Å². The Kier molecular flexibility index (Phi) is 7.53. The van der Waals surface area contributed by atoms with Gasteiger partial charge in [0.25, 0.3) is 0 Å². The number of carbonyl (C=O) groups is 1. The highest BCUT2D eigenvalue weighted by Gasteiger charge is 2.22. The molecule has 1 fully saturated rings. The third-order valence-corrected chi connectivity index (χ3v) is 5.02. The normalized spacial score (nSPS) is 14.6. The molecule has 0 spiro atoms. The van der Waals surface area contributed by atoms with Gasteiger partial charge in [0.15, 0.2) is 5.96 Å². The topological polar surface area (TPSA) is 85.8 Å². The van der Waals surface area contributed by atoms with Crippen molar-refractivity contribution in [1.82, 2.24) is 25.5 Å². The lowest BCUT2D eigenvalue weighted by Crippen LogP contribution is -2.50. The standard InChI is InChI=1S/C21H28FN7O/c1-16-4-5-17(14-18(16)22)15-27-20(23-2)24-9-6-19(30)28-10-12-29(13-11-28)21-25-7-3-8-26-21/h3-5,7-8,14H,6,9-13,15H2,1-2H3,(H2,23,24,27). The Bertz CT molecular complexity index is 867. The molecule has 160 valence electrons. The number of guanidine groups is 1. The van der Waals surface area contributed by atoms with Gasteiger partial charge in [0.05, 0.1) is 0 Å². The minimum atomic E-state index is -0.221. The summed E-state index contributed by atoms with van der Waals surface area (Å²) in [6, 6.07) is 6.94. The molecular weight excluding hydrogens is 385 g/mol. The minimum absolute atomic E-state index is 0.104. The minimum Gasteiger partial charge on any atom is -0.356 e. The van der Waals surface area contributed by atoms with E-state index in [0.29, 0.717) is 50.1 Å². The third-order valence-electron chi connectivity index (χ3n) is 5.02. The van der Waals surface area contributed by atoms with Gasteiger partial charge >= 0.3 is 0 Å². The van der Waals surface area contributed by atoms with Crippen LogP contribution in [0.1, 0.15) is 17.5 Å². The number of halogens is 1. The summed E-state index contributed by atoms with van der Waals surface area (Å²) in [5.41, 5.74) is 1.45. The molecule has 2 aromatic rings. The first-order chi connectivity index (χ1) is 14.6. The summed E-state index contributed by atoms with van der Waals surface area (Å²) in [7, 11) is 1.66. The lowest BCUT2D eigenvalue weighted by atomic mass is 10.1. The fourth-order valence-electron chi connectivity index (χ4n) is 3.21. The van der Waals surface area contributed by atoms with Crippen LogP contribution in [0.2, 0.25) is 0 Å². The first-order valence-corrected chi connectivity index (χ1v) is 10.1. The molecule has 0 atom stereocenters. The second-order valence-electron chi connectivity index (χ2n) is 7.10. The Morgan fingerprint density at radius 2 is 1.90 bits per heavy atom. The van der Waals surface area contributed by atoms with Crippen LogP contribution in [0.4, 0.5) is 10.3 Å². The molecule has 2 N–H and O–H groups in total. The highest BCUT2D eigenvalue weighted by Crippen LogP contribution is 2.10. The lowest BCUT2D eigenvalue weighted by Gasteiger charge is -2.34. The molecule has 0 aliphatic carbocycles. The molecule has 0 bridgehead atoms. The van der Waals surface area contributed by atoms with E-state index in [2.05, 4.69) is 30.5 Å². The van der Waals surface area contributed by atoms with Crippen LogP contribution in [-0.4, -0.2) is 66.5 Å². The van der Waals surface area contributed by atoms with Gasteiger partial charge in [-0.25, -0.2) is 14.4 Å². The zero-order valence-corrected chi connectivity index (χ0v) is 17.4. The summed E-state index contributed by atoms with van der Waals surface area (Å²) in [6.45, 7) is 5.42. The van der Waals surface area contributed by atoms with Crippen molar-refractivity contribution in [1.29, 1.82) is 0 Å². The predicted octanol–water partition coefficient (Wildman–Crippen LogP) is 1.33. The van der Waals surface area contributed by atoms with Crippen LogP contribution in [0.5, 0.6) is 0 Å². The number of aromatic nitrogens is 2. The highest BCUT2D eigenvalue weighted by molar-refractivity contribution is 5.81. The fraction of sp³-hybridized carbons (Fsp3) is 0.429. The summed E-state index contributed by atoms with van der Waals surface area (Å²) < 4.78 is 13.6. The van der Waals surface area contributed by atoms with Crippen molar-refractivity contribution in [2.24, 2.45) is 4.99 Å².